The Morgan fingerprint density at radius 3 is 2.72 bits per heavy atom. The summed E-state index contributed by atoms with van der Waals surface area (Å²) in [6.07, 6.45) is 7.05. The van der Waals surface area contributed by atoms with Crippen molar-refractivity contribution in [3.63, 3.8) is 0 Å². The van der Waals surface area contributed by atoms with E-state index in [4.69, 9.17) is 0 Å². The molecule has 2 bridgehead atoms. The molecule has 4 rings (SSSR count). The number of hydrogen-bond acceptors (Lipinski definition) is 2. The lowest BCUT2D eigenvalue weighted by atomic mass is 10.1. The van der Waals surface area contributed by atoms with Crippen molar-refractivity contribution in [2.45, 2.75) is 50.7 Å². The molecule has 1 aliphatic heterocycles. The lowest BCUT2D eigenvalue weighted by molar-refractivity contribution is 0.551. The molecule has 2 unspecified atom stereocenters. The highest BCUT2D eigenvalue weighted by Crippen LogP contribution is 2.41. The minimum Gasteiger partial charge on any atom is -0.368 e. The highest BCUT2D eigenvalue weighted by Gasteiger charge is 2.38. The summed E-state index contributed by atoms with van der Waals surface area (Å²) in [5, 5.41) is 3.65. The molecule has 2 atom stereocenters. The smallest absolute Gasteiger partial charge is 0.0414 e. The maximum Gasteiger partial charge on any atom is 0.0414 e. The van der Waals surface area contributed by atoms with Crippen LogP contribution in [-0.2, 0) is 6.54 Å². The van der Waals surface area contributed by atoms with E-state index in [9.17, 15) is 0 Å². The predicted molar refractivity (Wildman–Crippen MR) is 74.8 cm³/mol. The van der Waals surface area contributed by atoms with Gasteiger partial charge in [-0.25, -0.2) is 0 Å². The highest BCUT2D eigenvalue weighted by atomic mass is 15.2. The van der Waals surface area contributed by atoms with Crippen molar-refractivity contribution in [3.8, 4) is 0 Å². The van der Waals surface area contributed by atoms with Crippen molar-refractivity contribution in [2.24, 2.45) is 5.92 Å². The average Bonchev–Trinajstić information content (AvgIpc) is 3.00. The zero-order valence-electron chi connectivity index (χ0n) is 10.9. The van der Waals surface area contributed by atoms with Gasteiger partial charge in [0.1, 0.15) is 0 Å². The Hall–Kier alpha value is -1.02. The van der Waals surface area contributed by atoms with E-state index in [1.807, 2.05) is 0 Å². The third-order valence-electron chi connectivity index (χ3n) is 4.87. The number of hydrogen-bond donors (Lipinski definition) is 1. The van der Waals surface area contributed by atoms with Gasteiger partial charge in [0.2, 0.25) is 0 Å². The van der Waals surface area contributed by atoms with E-state index >= 15 is 0 Å². The van der Waals surface area contributed by atoms with Gasteiger partial charge in [-0.05, 0) is 49.7 Å². The van der Waals surface area contributed by atoms with E-state index in [0.29, 0.717) is 0 Å². The van der Waals surface area contributed by atoms with E-state index in [1.54, 1.807) is 0 Å². The molecule has 2 saturated carbocycles. The van der Waals surface area contributed by atoms with Gasteiger partial charge >= 0.3 is 0 Å². The molecule has 2 aliphatic carbocycles. The molecule has 0 radical (unpaired) electrons. The van der Waals surface area contributed by atoms with Crippen molar-refractivity contribution >= 4 is 5.69 Å². The largest absolute Gasteiger partial charge is 0.368 e. The SMILES string of the molecule is c1ccc(N2CC3CCC2C3)c(CNC2CC2)c1. The predicted octanol–water partition coefficient (Wildman–Crippen LogP) is 2.93. The maximum atomic E-state index is 3.65. The second kappa shape index (κ2) is 4.27. The van der Waals surface area contributed by atoms with Crippen molar-refractivity contribution in [3.05, 3.63) is 29.8 Å². The van der Waals surface area contributed by atoms with Crippen LogP contribution in [0.4, 0.5) is 5.69 Å². The van der Waals surface area contributed by atoms with Gasteiger partial charge in [-0.2, -0.15) is 0 Å². The van der Waals surface area contributed by atoms with Gasteiger partial charge in [-0.3, -0.25) is 0 Å². The van der Waals surface area contributed by atoms with E-state index in [2.05, 4.69) is 34.5 Å². The van der Waals surface area contributed by atoms with Crippen LogP contribution in [0.25, 0.3) is 0 Å². The topological polar surface area (TPSA) is 15.3 Å². The fourth-order valence-electron chi connectivity index (χ4n) is 3.70. The van der Waals surface area contributed by atoms with Crippen LogP contribution in [0.15, 0.2) is 24.3 Å². The molecule has 1 aromatic carbocycles. The van der Waals surface area contributed by atoms with Crippen LogP contribution in [-0.4, -0.2) is 18.6 Å². The van der Waals surface area contributed by atoms with Gasteiger partial charge in [-0.1, -0.05) is 18.2 Å². The van der Waals surface area contributed by atoms with Gasteiger partial charge in [0.15, 0.2) is 0 Å². The summed E-state index contributed by atoms with van der Waals surface area (Å²) in [6, 6.07) is 10.6. The van der Waals surface area contributed by atoms with Crippen molar-refractivity contribution in [2.75, 3.05) is 11.4 Å². The van der Waals surface area contributed by atoms with E-state index in [0.717, 1.165) is 24.5 Å². The molecule has 3 fully saturated rings. The summed E-state index contributed by atoms with van der Waals surface area (Å²) in [5.41, 5.74) is 3.00. The molecular formula is C16H22N2. The number of anilines is 1. The molecular weight excluding hydrogens is 220 g/mol. The van der Waals surface area contributed by atoms with Crippen molar-refractivity contribution in [1.29, 1.82) is 0 Å². The van der Waals surface area contributed by atoms with E-state index < -0.39 is 0 Å². The van der Waals surface area contributed by atoms with Crippen molar-refractivity contribution < 1.29 is 0 Å². The van der Waals surface area contributed by atoms with Crippen LogP contribution < -0.4 is 10.2 Å². The molecule has 2 nitrogen and oxygen atoms in total. The van der Waals surface area contributed by atoms with Crippen molar-refractivity contribution in [1.82, 2.24) is 5.32 Å². The Labute approximate surface area is 109 Å². The third-order valence-corrected chi connectivity index (χ3v) is 4.87. The Balaban J connectivity index is 1.55. The second-order valence-corrected chi connectivity index (χ2v) is 6.27. The minimum atomic E-state index is 0.799. The van der Waals surface area contributed by atoms with Gasteiger partial charge in [0, 0.05) is 30.9 Å². The monoisotopic (exact) mass is 242 g/mol. The molecule has 0 amide bonds. The van der Waals surface area contributed by atoms with Gasteiger partial charge < -0.3 is 10.2 Å². The molecule has 0 spiro atoms. The first-order valence-electron chi connectivity index (χ1n) is 7.48. The number of fused-ring (bicyclic) bond motifs is 2. The van der Waals surface area contributed by atoms with Gasteiger partial charge in [-0.15, -0.1) is 0 Å². The number of piperidine rings is 1. The normalized spacial score (nSPS) is 30.1. The number of nitrogens with zero attached hydrogens (tertiary/aromatic N) is 1. The molecule has 96 valence electrons. The molecule has 3 aliphatic rings. The number of benzene rings is 1. The van der Waals surface area contributed by atoms with Crippen LogP contribution in [0.5, 0.6) is 0 Å². The number of para-hydroxylation sites is 1. The maximum absolute atomic E-state index is 3.65. The molecule has 1 saturated heterocycles. The first kappa shape index (κ1) is 10.9. The fourth-order valence-corrected chi connectivity index (χ4v) is 3.70. The lowest BCUT2D eigenvalue weighted by Gasteiger charge is -2.31. The first-order chi connectivity index (χ1) is 8.90. The van der Waals surface area contributed by atoms with Crippen LogP contribution in [0.3, 0.4) is 0 Å². The summed E-state index contributed by atoms with van der Waals surface area (Å²) in [6.45, 7) is 2.35. The van der Waals surface area contributed by atoms with Gasteiger partial charge in [0.25, 0.3) is 0 Å². The quantitative estimate of drug-likeness (QED) is 0.873. The van der Waals surface area contributed by atoms with E-state index in [-0.39, 0.29) is 0 Å². The second-order valence-electron chi connectivity index (χ2n) is 6.27. The number of nitrogens with one attached hydrogen (secondary N) is 1. The Morgan fingerprint density at radius 1 is 1.11 bits per heavy atom. The average molecular weight is 242 g/mol. The fraction of sp³-hybridized carbons (Fsp3) is 0.625. The summed E-state index contributed by atoms with van der Waals surface area (Å²) in [4.78, 5) is 2.68. The molecule has 1 heterocycles. The minimum absolute atomic E-state index is 0.799. The lowest BCUT2D eigenvalue weighted by Crippen LogP contribution is -2.33. The summed E-state index contributed by atoms with van der Waals surface area (Å²) >= 11 is 0. The zero-order chi connectivity index (χ0) is 11.9. The molecule has 2 heteroatoms. The zero-order valence-corrected chi connectivity index (χ0v) is 10.9. The molecule has 0 aromatic heterocycles. The summed E-state index contributed by atoms with van der Waals surface area (Å²) < 4.78 is 0. The standard InChI is InChI=1S/C16H22N2/c1-2-4-16(13(3-1)10-17-14-6-7-14)18-11-12-5-8-15(18)9-12/h1-4,12,14-15,17H,5-11H2. The molecule has 1 aromatic rings. The van der Waals surface area contributed by atoms with Gasteiger partial charge in [0.05, 0.1) is 0 Å². The highest BCUT2D eigenvalue weighted by molar-refractivity contribution is 5.56. The first-order valence-corrected chi connectivity index (χ1v) is 7.48. The Morgan fingerprint density at radius 2 is 2.00 bits per heavy atom. The van der Waals surface area contributed by atoms with Crippen LogP contribution in [0, 0.1) is 5.92 Å². The number of rotatable bonds is 4. The Bertz CT molecular complexity index is 438. The van der Waals surface area contributed by atoms with Crippen LogP contribution in [0.2, 0.25) is 0 Å². The van der Waals surface area contributed by atoms with Crippen LogP contribution in [0.1, 0.15) is 37.7 Å². The summed E-state index contributed by atoms with van der Waals surface area (Å²) in [7, 11) is 0. The molecule has 18 heavy (non-hydrogen) atoms. The summed E-state index contributed by atoms with van der Waals surface area (Å²) in [5.74, 6) is 0.972. The van der Waals surface area contributed by atoms with Crippen LogP contribution >= 0.6 is 0 Å². The third kappa shape index (κ3) is 1.93. The Kier molecular flexibility index (Phi) is 2.58. The molecule has 1 N–H and O–H groups in total. The van der Waals surface area contributed by atoms with E-state index in [1.165, 1.54) is 49.9 Å².